The molecule has 5 aromatic rings. The minimum atomic E-state index is -0.154. The number of carbonyl (C=O) groups excluding carboxylic acids is 1. The number of hydrogen-bond donors (Lipinski definition) is 1. The van der Waals surface area contributed by atoms with Gasteiger partial charge in [0, 0.05) is 47.8 Å². The van der Waals surface area contributed by atoms with Crippen LogP contribution in [0.25, 0.3) is 16.6 Å². The van der Waals surface area contributed by atoms with Crippen molar-refractivity contribution < 1.29 is 9.53 Å². The van der Waals surface area contributed by atoms with Crippen LogP contribution in [0, 0.1) is 13.8 Å². The van der Waals surface area contributed by atoms with E-state index in [4.69, 9.17) is 4.74 Å². The molecule has 34 heavy (non-hydrogen) atoms. The molecule has 0 aliphatic heterocycles. The number of ether oxygens (including phenoxy) is 1. The number of aryl methyl sites for hydroxylation is 1. The van der Waals surface area contributed by atoms with Crippen molar-refractivity contribution in [2.75, 3.05) is 0 Å². The third kappa shape index (κ3) is 4.36. The summed E-state index contributed by atoms with van der Waals surface area (Å²) in [6, 6.07) is 19.0. The summed E-state index contributed by atoms with van der Waals surface area (Å²) < 4.78 is 8.10. The van der Waals surface area contributed by atoms with Gasteiger partial charge in [0.15, 0.2) is 0 Å². The van der Waals surface area contributed by atoms with E-state index in [0.717, 1.165) is 33.4 Å². The van der Waals surface area contributed by atoms with Crippen LogP contribution in [0.1, 0.15) is 27.2 Å². The molecule has 0 spiro atoms. The Morgan fingerprint density at radius 2 is 1.82 bits per heavy atom. The predicted molar refractivity (Wildman–Crippen MR) is 130 cm³/mol. The highest BCUT2D eigenvalue weighted by Crippen LogP contribution is 2.32. The lowest BCUT2D eigenvalue weighted by Gasteiger charge is -2.14. The van der Waals surface area contributed by atoms with Crippen LogP contribution < -0.4 is 10.1 Å². The van der Waals surface area contributed by atoms with Gasteiger partial charge >= 0.3 is 0 Å². The summed E-state index contributed by atoms with van der Waals surface area (Å²) >= 11 is 0. The van der Waals surface area contributed by atoms with Gasteiger partial charge < -0.3 is 10.1 Å². The van der Waals surface area contributed by atoms with Crippen molar-refractivity contribution in [1.82, 2.24) is 25.1 Å². The Bertz CT molecular complexity index is 1480. The second-order valence-corrected chi connectivity index (χ2v) is 7.98. The lowest BCUT2D eigenvalue weighted by molar-refractivity contribution is 0.0950. The van der Waals surface area contributed by atoms with Gasteiger partial charge in [-0.05, 0) is 74.0 Å². The molecular formula is C27H23N5O2. The first-order valence-corrected chi connectivity index (χ1v) is 10.9. The summed E-state index contributed by atoms with van der Waals surface area (Å²) in [6.07, 6.45) is 7.06. The zero-order valence-electron chi connectivity index (χ0n) is 18.9. The highest BCUT2D eigenvalue weighted by Gasteiger charge is 2.14. The third-order valence-electron chi connectivity index (χ3n) is 5.62. The molecule has 5 rings (SSSR count). The van der Waals surface area contributed by atoms with E-state index >= 15 is 0 Å². The first-order valence-electron chi connectivity index (χ1n) is 10.9. The topological polar surface area (TPSA) is 81.9 Å². The summed E-state index contributed by atoms with van der Waals surface area (Å²) in [5.41, 5.74) is 5.00. The van der Waals surface area contributed by atoms with Crippen LogP contribution in [0.3, 0.4) is 0 Å². The van der Waals surface area contributed by atoms with Crippen molar-refractivity contribution >= 4 is 16.8 Å². The molecule has 0 radical (unpaired) electrons. The van der Waals surface area contributed by atoms with Crippen molar-refractivity contribution in [3.63, 3.8) is 0 Å². The Balaban J connectivity index is 1.39. The van der Waals surface area contributed by atoms with Crippen molar-refractivity contribution in [3.8, 4) is 17.2 Å². The molecule has 3 heterocycles. The van der Waals surface area contributed by atoms with E-state index in [-0.39, 0.29) is 5.91 Å². The molecule has 7 heteroatoms. The van der Waals surface area contributed by atoms with Gasteiger partial charge in [-0.15, -0.1) is 0 Å². The van der Waals surface area contributed by atoms with Gasteiger partial charge in [0.05, 0.1) is 16.9 Å². The fourth-order valence-corrected chi connectivity index (χ4v) is 3.77. The summed E-state index contributed by atoms with van der Waals surface area (Å²) in [6.45, 7) is 4.27. The average Bonchev–Trinajstić information content (AvgIpc) is 3.30. The Labute approximate surface area is 197 Å². The van der Waals surface area contributed by atoms with Gasteiger partial charge in [-0.2, -0.15) is 5.10 Å². The number of nitrogens with zero attached hydrogens (tertiary/aromatic N) is 4. The summed E-state index contributed by atoms with van der Waals surface area (Å²) in [5, 5.41) is 8.30. The maximum atomic E-state index is 12.8. The second-order valence-electron chi connectivity index (χ2n) is 7.98. The zero-order chi connectivity index (χ0) is 23.5. The number of rotatable bonds is 6. The highest BCUT2D eigenvalue weighted by molar-refractivity contribution is 5.96. The molecule has 0 saturated heterocycles. The third-order valence-corrected chi connectivity index (χ3v) is 5.62. The van der Waals surface area contributed by atoms with Crippen LogP contribution in [0.15, 0.2) is 85.5 Å². The van der Waals surface area contributed by atoms with Crippen molar-refractivity contribution in [1.29, 1.82) is 0 Å². The smallest absolute Gasteiger partial charge is 0.251 e. The van der Waals surface area contributed by atoms with Crippen molar-refractivity contribution in [3.05, 3.63) is 108 Å². The maximum absolute atomic E-state index is 12.8. The molecule has 0 atom stereocenters. The maximum Gasteiger partial charge on any atom is 0.251 e. The van der Waals surface area contributed by atoms with Crippen LogP contribution in [0.4, 0.5) is 0 Å². The van der Waals surface area contributed by atoms with Crippen LogP contribution >= 0.6 is 0 Å². The number of hydrogen-bond acceptors (Lipinski definition) is 5. The first kappa shape index (κ1) is 21.3. The lowest BCUT2D eigenvalue weighted by atomic mass is 10.1. The minimum absolute atomic E-state index is 0.154. The van der Waals surface area contributed by atoms with E-state index in [1.165, 1.54) is 0 Å². The Hall–Kier alpha value is -4.52. The fourth-order valence-electron chi connectivity index (χ4n) is 3.77. The van der Waals surface area contributed by atoms with Gasteiger partial charge in [-0.25, -0.2) is 4.68 Å². The van der Waals surface area contributed by atoms with Gasteiger partial charge in [0.25, 0.3) is 5.91 Å². The number of fused-ring (bicyclic) bond motifs is 1. The highest BCUT2D eigenvalue weighted by atomic mass is 16.5. The molecule has 0 fully saturated rings. The summed E-state index contributed by atoms with van der Waals surface area (Å²) in [5.74, 6) is 1.14. The van der Waals surface area contributed by atoms with E-state index in [9.17, 15) is 4.79 Å². The number of aromatic nitrogens is 4. The molecule has 0 unspecified atom stereocenters. The van der Waals surface area contributed by atoms with E-state index < -0.39 is 0 Å². The predicted octanol–water partition coefficient (Wildman–Crippen LogP) is 5.15. The Morgan fingerprint density at radius 1 is 0.971 bits per heavy atom. The van der Waals surface area contributed by atoms with Crippen LogP contribution in [-0.4, -0.2) is 25.7 Å². The Kier molecular flexibility index (Phi) is 5.74. The number of benzene rings is 2. The standard InChI is InChI=1S/C27H23N5O2/c1-18-11-15-32(31-18)21-6-7-23-24(16-21)29-14-10-26(23)34-25-5-3-4-22(19(25)2)27(33)30-17-20-8-12-28-13-9-20/h3-16H,17H2,1-2H3,(H,30,33). The molecule has 1 N–H and O–H groups in total. The summed E-state index contributed by atoms with van der Waals surface area (Å²) in [4.78, 5) is 21.3. The molecule has 3 aromatic heterocycles. The number of carbonyl (C=O) groups is 1. The molecule has 2 aromatic carbocycles. The van der Waals surface area contributed by atoms with Gasteiger partial charge in [0.2, 0.25) is 0 Å². The van der Waals surface area contributed by atoms with E-state index in [1.807, 2.05) is 79.3 Å². The van der Waals surface area contributed by atoms with Crippen LogP contribution in [0.2, 0.25) is 0 Å². The SMILES string of the molecule is Cc1ccn(-c2ccc3c(Oc4cccc(C(=O)NCc5ccncc5)c4C)ccnc3c2)n1. The van der Waals surface area contributed by atoms with Crippen molar-refractivity contribution in [2.24, 2.45) is 0 Å². The first-order chi connectivity index (χ1) is 16.6. The Morgan fingerprint density at radius 3 is 2.62 bits per heavy atom. The molecule has 7 nitrogen and oxygen atoms in total. The minimum Gasteiger partial charge on any atom is -0.456 e. The van der Waals surface area contributed by atoms with E-state index in [0.29, 0.717) is 23.6 Å². The molecule has 168 valence electrons. The fraction of sp³-hybridized carbons (Fsp3) is 0.111. The van der Waals surface area contributed by atoms with Crippen LogP contribution in [0.5, 0.6) is 11.5 Å². The van der Waals surface area contributed by atoms with Crippen LogP contribution in [-0.2, 0) is 6.54 Å². The largest absolute Gasteiger partial charge is 0.456 e. The van der Waals surface area contributed by atoms with E-state index in [1.54, 1.807) is 24.7 Å². The normalized spacial score (nSPS) is 10.9. The van der Waals surface area contributed by atoms with Crippen molar-refractivity contribution in [2.45, 2.75) is 20.4 Å². The number of nitrogens with one attached hydrogen (secondary N) is 1. The molecule has 0 saturated carbocycles. The van der Waals surface area contributed by atoms with E-state index in [2.05, 4.69) is 20.4 Å². The average molecular weight is 450 g/mol. The van der Waals surface area contributed by atoms with Gasteiger partial charge in [-0.1, -0.05) is 6.07 Å². The van der Waals surface area contributed by atoms with Gasteiger partial charge in [0.1, 0.15) is 11.5 Å². The van der Waals surface area contributed by atoms with Gasteiger partial charge in [-0.3, -0.25) is 14.8 Å². The molecule has 0 aliphatic rings. The number of amides is 1. The molecule has 0 bridgehead atoms. The zero-order valence-corrected chi connectivity index (χ0v) is 18.9. The summed E-state index contributed by atoms with van der Waals surface area (Å²) in [7, 11) is 0. The lowest BCUT2D eigenvalue weighted by Crippen LogP contribution is -2.23. The molecular weight excluding hydrogens is 426 g/mol. The number of pyridine rings is 2. The monoisotopic (exact) mass is 449 g/mol. The molecule has 1 amide bonds. The quantitative estimate of drug-likeness (QED) is 0.387. The second kappa shape index (κ2) is 9.15. The molecule has 0 aliphatic carbocycles.